The molecule has 0 radical (unpaired) electrons. The van der Waals surface area contributed by atoms with Gasteiger partial charge in [0.25, 0.3) is 0 Å². The molecule has 0 aliphatic heterocycles. The maximum Gasteiger partial charge on any atom is 0.123 e. The molecule has 0 fully saturated rings. The second-order valence-corrected chi connectivity index (χ2v) is 3.30. The third kappa shape index (κ3) is 1.82. The molecule has 0 spiro atoms. The predicted molar refractivity (Wildman–Crippen MR) is 53.9 cm³/mol. The first-order valence-corrected chi connectivity index (χ1v) is 5.15. The average molecular weight is 256 g/mol. The zero-order chi connectivity index (χ0) is 9.97. The fraction of sp³-hybridized carbons (Fsp3) is 0.111. The molecule has 0 saturated carbocycles. The number of aromatic nitrogens is 3. The molecule has 2 aromatic rings. The van der Waals surface area contributed by atoms with Crippen LogP contribution in [0, 0.1) is 5.82 Å². The molecule has 0 N–H and O–H groups in total. The van der Waals surface area contributed by atoms with Crippen molar-refractivity contribution >= 4 is 15.9 Å². The molecule has 0 saturated heterocycles. The minimum absolute atomic E-state index is 0.262. The highest BCUT2D eigenvalue weighted by molar-refractivity contribution is 9.08. The summed E-state index contributed by atoms with van der Waals surface area (Å²) < 4.78 is 12.6. The van der Waals surface area contributed by atoms with E-state index in [-0.39, 0.29) is 5.82 Å². The maximum atomic E-state index is 12.6. The number of nitrogens with zero attached hydrogens (tertiary/aromatic N) is 3. The predicted octanol–water partition coefficient (Wildman–Crippen LogP) is 2.30. The van der Waals surface area contributed by atoms with E-state index in [0.717, 1.165) is 11.4 Å². The van der Waals surface area contributed by atoms with Gasteiger partial charge >= 0.3 is 0 Å². The second-order valence-electron chi connectivity index (χ2n) is 2.74. The van der Waals surface area contributed by atoms with Gasteiger partial charge in [-0.2, -0.15) is 15.0 Å². The quantitative estimate of drug-likeness (QED) is 0.772. The van der Waals surface area contributed by atoms with Gasteiger partial charge in [-0.25, -0.2) is 4.39 Å². The summed E-state index contributed by atoms with van der Waals surface area (Å²) in [6.45, 7) is 0. The van der Waals surface area contributed by atoms with Crippen LogP contribution in [0.15, 0.2) is 30.5 Å². The average Bonchev–Trinajstić information content (AvgIpc) is 2.67. The van der Waals surface area contributed by atoms with Crippen molar-refractivity contribution in [1.82, 2.24) is 15.0 Å². The van der Waals surface area contributed by atoms with E-state index in [1.54, 1.807) is 18.3 Å². The Balaban J connectivity index is 2.34. The van der Waals surface area contributed by atoms with Crippen LogP contribution in [-0.2, 0) is 5.33 Å². The van der Waals surface area contributed by atoms with Crippen LogP contribution in [0.3, 0.4) is 0 Å². The third-order valence-corrected chi connectivity index (χ3v) is 2.31. The van der Waals surface area contributed by atoms with E-state index in [2.05, 4.69) is 26.1 Å². The highest BCUT2D eigenvalue weighted by Gasteiger charge is 2.01. The fourth-order valence-corrected chi connectivity index (χ4v) is 1.31. The summed E-state index contributed by atoms with van der Waals surface area (Å²) in [6.07, 6.45) is 1.66. The Bertz CT molecular complexity index is 424. The van der Waals surface area contributed by atoms with Crippen LogP contribution in [0.2, 0.25) is 0 Å². The molecule has 1 heterocycles. The van der Waals surface area contributed by atoms with E-state index in [4.69, 9.17) is 0 Å². The molecule has 1 aromatic carbocycles. The number of halogens is 2. The normalized spacial score (nSPS) is 10.4. The molecule has 72 valence electrons. The van der Waals surface area contributed by atoms with Gasteiger partial charge in [0.05, 0.1) is 17.6 Å². The van der Waals surface area contributed by atoms with Crippen LogP contribution in [0.25, 0.3) is 5.69 Å². The van der Waals surface area contributed by atoms with Crippen molar-refractivity contribution in [3.63, 3.8) is 0 Å². The molecule has 0 aliphatic carbocycles. The lowest BCUT2D eigenvalue weighted by Gasteiger charge is -1.97. The number of benzene rings is 1. The van der Waals surface area contributed by atoms with Crippen LogP contribution < -0.4 is 0 Å². The Morgan fingerprint density at radius 3 is 2.57 bits per heavy atom. The molecule has 2 rings (SSSR count). The van der Waals surface area contributed by atoms with Gasteiger partial charge in [-0.1, -0.05) is 15.9 Å². The molecule has 5 heteroatoms. The van der Waals surface area contributed by atoms with E-state index in [1.807, 2.05) is 0 Å². The largest absolute Gasteiger partial charge is 0.207 e. The topological polar surface area (TPSA) is 30.7 Å². The number of alkyl halides is 1. The van der Waals surface area contributed by atoms with Gasteiger partial charge in [-0.3, -0.25) is 0 Å². The highest BCUT2D eigenvalue weighted by atomic mass is 79.9. The first-order chi connectivity index (χ1) is 6.79. The summed E-state index contributed by atoms with van der Waals surface area (Å²) in [5, 5.41) is 8.87. The Kier molecular flexibility index (Phi) is 2.58. The SMILES string of the molecule is Fc1ccc(-n2ncc(CBr)n2)cc1. The van der Waals surface area contributed by atoms with Crippen LogP contribution in [-0.4, -0.2) is 15.0 Å². The van der Waals surface area contributed by atoms with Gasteiger partial charge in [0.15, 0.2) is 0 Å². The van der Waals surface area contributed by atoms with E-state index < -0.39 is 0 Å². The van der Waals surface area contributed by atoms with Crippen molar-refractivity contribution in [3.8, 4) is 5.69 Å². The second kappa shape index (κ2) is 3.88. The summed E-state index contributed by atoms with van der Waals surface area (Å²) in [4.78, 5) is 1.47. The third-order valence-electron chi connectivity index (χ3n) is 1.73. The van der Waals surface area contributed by atoms with Crippen molar-refractivity contribution in [2.45, 2.75) is 5.33 Å². The van der Waals surface area contributed by atoms with Crippen molar-refractivity contribution in [2.24, 2.45) is 0 Å². The highest BCUT2D eigenvalue weighted by Crippen LogP contribution is 2.07. The molecular formula is C9H7BrFN3. The summed E-state index contributed by atoms with van der Waals surface area (Å²) in [5.74, 6) is -0.262. The first kappa shape index (κ1) is 9.33. The molecule has 0 aliphatic rings. The number of rotatable bonds is 2. The fourth-order valence-electron chi connectivity index (χ4n) is 1.05. The maximum absolute atomic E-state index is 12.6. The molecule has 1 aromatic heterocycles. The standard InChI is InChI=1S/C9H7BrFN3/c10-5-8-6-12-14(13-8)9-3-1-7(11)2-4-9/h1-4,6H,5H2. The molecule has 0 atom stereocenters. The Morgan fingerprint density at radius 1 is 1.29 bits per heavy atom. The van der Waals surface area contributed by atoms with Crippen LogP contribution in [0.5, 0.6) is 0 Å². The Labute approximate surface area is 88.7 Å². The Morgan fingerprint density at radius 2 is 2.00 bits per heavy atom. The van der Waals surface area contributed by atoms with E-state index in [9.17, 15) is 4.39 Å². The lowest BCUT2D eigenvalue weighted by Crippen LogP contribution is -1.98. The molecule has 0 unspecified atom stereocenters. The molecule has 3 nitrogen and oxygen atoms in total. The molecule has 0 amide bonds. The van der Waals surface area contributed by atoms with Crippen molar-refractivity contribution in [2.75, 3.05) is 0 Å². The van der Waals surface area contributed by atoms with Crippen LogP contribution in [0.1, 0.15) is 5.69 Å². The number of hydrogen-bond acceptors (Lipinski definition) is 2. The zero-order valence-electron chi connectivity index (χ0n) is 7.19. The summed E-state index contributed by atoms with van der Waals surface area (Å²) in [5.41, 5.74) is 1.59. The van der Waals surface area contributed by atoms with E-state index in [1.165, 1.54) is 16.9 Å². The zero-order valence-corrected chi connectivity index (χ0v) is 8.78. The Hall–Kier alpha value is -1.23. The lowest BCUT2D eigenvalue weighted by molar-refractivity contribution is 0.626. The van der Waals surface area contributed by atoms with E-state index >= 15 is 0 Å². The lowest BCUT2D eigenvalue weighted by atomic mass is 10.3. The van der Waals surface area contributed by atoms with Crippen LogP contribution >= 0.6 is 15.9 Å². The molecule has 14 heavy (non-hydrogen) atoms. The minimum Gasteiger partial charge on any atom is -0.207 e. The van der Waals surface area contributed by atoms with Gasteiger partial charge in [0.2, 0.25) is 0 Å². The van der Waals surface area contributed by atoms with Crippen molar-refractivity contribution < 1.29 is 4.39 Å². The van der Waals surface area contributed by atoms with Gasteiger partial charge in [0.1, 0.15) is 5.82 Å². The van der Waals surface area contributed by atoms with Gasteiger partial charge in [0, 0.05) is 5.33 Å². The summed E-state index contributed by atoms with van der Waals surface area (Å²) in [6, 6.07) is 6.03. The van der Waals surface area contributed by atoms with E-state index in [0.29, 0.717) is 5.33 Å². The molecular weight excluding hydrogens is 249 g/mol. The van der Waals surface area contributed by atoms with Crippen molar-refractivity contribution in [1.29, 1.82) is 0 Å². The van der Waals surface area contributed by atoms with Gasteiger partial charge in [-0.15, -0.1) is 0 Å². The summed E-state index contributed by atoms with van der Waals surface area (Å²) >= 11 is 3.28. The van der Waals surface area contributed by atoms with Crippen LogP contribution in [0.4, 0.5) is 4.39 Å². The monoisotopic (exact) mass is 255 g/mol. The summed E-state index contributed by atoms with van der Waals surface area (Å²) in [7, 11) is 0. The first-order valence-electron chi connectivity index (χ1n) is 4.03. The van der Waals surface area contributed by atoms with Gasteiger partial charge in [-0.05, 0) is 24.3 Å². The number of hydrogen-bond donors (Lipinski definition) is 0. The molecule has 0 bridgehead atoms. The minimum atomic E-state index is -0.262. The van der Waals surface area contributed by atoms with Crippen molar-refractivity contribution in [3.05, 3.63) is 42.0 Å². The van der Waals surface area contributed by atoms with Gasteiger partial charge < -0.3 is 0 Å². The smallest absolute Gasteiger partial charge is 0.123 e.